The van der Waals surface area contributed by atoms with E-state index in [9.17, 15) is 9.59 Å². The molecular weight excluding hydrogens is 360 g/mol. The molecule has 3 rings (SSSR count). The molecule has 0 aliphatic carbocycles. The zero-order chi connectivity index (χ0) is 19.1. The topological polar surface area (TPSA) is 67.4 Å². The van der Waals surface area contributed by atoms with Crippen molar-refractivity contribution in [2.24, 2.45) is 0 Å². The van der Waals surface area contributed by atoms with Crippen LogP contribution in [0.15, 0.2) is 58.3 Å². The number of hydrogen-bond acceptors (Lipinski definition) is 4. The van der Waals surface area contributed by atoms with Gasteiger partial charge in [0.15, 0.2) is 0 Å². The van der Waals surface area contributed by atoms with Crippen LogP contribution in [0.25, 0.3) is 6.08 Å². The first-order valence-corrected chi connectivity index (χ1v) is 9.75. The molecule has 2 aromatic rings. The van der Waals surface area contributed by atoms with Gasteiger partial charge in [-0.15, -0.1) is 0 Å². The number of nitrogens with one attached hydrogen (secondary N) is 2. The number of fused-ring (bicyclic) bond motifs is 1. The van der Waals surface area contributed by atoms with E-state index in [1.807, 2.05) is 49.4 Å². The molecule has 2 amide bonds. The van der Waals surface area contributed by atoms with Crippen LogP contribution in [0, 0.1) is 0 Å². The summed E-state index contributed by atoms with van der Waals surface area (Å²) in [4.78, 5) is 26.2. The first kappa shape index (κ1) is 19.2. The summed E-state index contributed by atoms with van der Waals surface area (Å²) in [5.41, 5.74) is 2.17. The Morgan fingerprint density at radius 1 is 1.22 bits per heavy atom. The SMILES string of the molecule is CCOCCCNC(=O)c1ccc2c(c1)NC(=O)/C(=C/c1ccccc1)S2. The van der Waals surface area contributed by atoms with E-state index in [1.54, 1.807) is 12.1 Å². The normalized spacial score (nSPS) is 14.6. The van der Waals surface area contributed by atoms with Gasteiger partial charge in [0.05, 0.1) is 10.6 Å². The molecule has 0 spiro atoms. The zero-order valence-electron chi connectivity index (χ0n) is 15.2. The van der Waals surface area contributed by atoms with Gasteiger partial charge in [-0.1, -0.05) is 42.1 Å². The summed E-state index contributed by atoms with van der Waals surface area (Å²) >= 11 is 1.41. The van der Waals surface area contributed by atoms with Crippen molar-refractivity contribution in [3.8, 4) is 0 Å². The molecule has 0 aromatic heterocycles. The molecule has 1 aliphatic heterocycles. The van der Waals surface area contributed by atoms with E-state index in [0.717, 1.165) is 16.9 Å². The Kier molecular flexibility index (Phi) is 6.68. The van der Waals surface area contributed by atoms with Crippen molar-refractivity contribution < 1.29 is 14.3 Å². The fourth-order valence-electron chi connectivity index (χ4n) is 2.62. The Balaban J connectivity index is 1.67. The minimum absolute atomic E-state index is 0.154. The number of carbonyl (C=O) groups is 2. The molecule has 1 aliphatic rings. The van der Waals surface area contributed by atoms with Gasteiger partial charge in [0.2, 0.25) is 0 Å². The third-order valence-electron chi connectivity index (χ3n) is 3.99. The quantitative estimate of drug-likeness (QED) is 0.562. The van der Waals surface area contributed by atoms with Gasteiger partial charge in [-0.3, -0.25) is 9.59 Å². The Morgan fingerprint density at radius 3 is 2.81 bits per heavy atom. The van der Waals surface area contributed by atoms with Crippen molar-refractivity contribution in [3.05, 3.63) is 64.6 Å². The van der Waals surface area contributed by atoms with E-state index >= 15 is 0 Å². The van der Waals surface area contributed by atoms with E-state index in [1.165, 1.54) is 11.8 Å². The van der Waals surface area contributed by atoms with Crippen molar-refractivity contribution in [1.29, 1.82) is 0 Å². The maximum atomic E-state index is 12.4. The third-order valence-corrected chi connectivity index (χ3v) is 5.09. The average molecular weight is 382 g/mol. The second kappa shape index (κ2) is 9.39. The first-order valence-electron chi connectivity index (χ1n) is 8.93. The van der Waals surface area contributed by atoms with Gasteiger partial charge >= 0.3 is 0 Å². The largest absolute Gasteiger partial charge is 0.382 e. The van der Waals surface area contributed by atoms with Crippen molar-refractivity contribution in [1.82, 2.24) is 5.32 Å². The highest BCUT2D eigenvalue weighted by Crippen LogP contribution is 2.39. The van der Waals surface area contributed by atoms with E-state index in [4.69, 9.17) is 4.74 Å². The van der Waals surface area contributed by atoms with Crippen LogP contribution in [0.3, 0.4) is 0 Å². The lowest BCUT2D eigenvalue weighted by Gasteiger charge is -2.19. The van der Waals surface area contributed by atoms with Crippen LogP contribution in [-0.4, -0.2) is 31.6 Å². The highest BCUT2D eigenvalue weighted by atomic mass is 32.2. The van der Waals surface area contributed by atoms with Gasteiger partial charge in [-0.2, -0.15) is 0 Å². The lowest BCUT2D eigenvalue weighted by atomic mass is 10.1. The zero-order valence-corrected chi connectivity index (χ0v) is 16.0. The molecule has 27 heavy (non-hydrogen) atoms. The smallest absolute Gasteiger partial charge is 0.262 e. The third kappa shape index (κ3) is 5.21. The summed E-state index contributed by atoms with van der Waals surface area (Å²) in [5, 5.41) is 5.75. The van der Waals surface area contributed by atoms with Gasteiger partial charge in [0.25, 0.3) is 11.8 Å². The van der Waals surface area contributed by atoms with Crippen LogP contribution in [0.4, 0.5) is 5.69 Å². The predicted octanol–water partition coefficient (Wildman–Crippen LogP) is 3.93. The number of amides is 2. The maximum Gasteiger partial charge on any atom is 0.262 e. The van der Waals surface area contributed by atoms with Crippen LogP contribution in [0.2, 0.25) is 0 Å². The minimum atomic E-state index is -0.161. The van der Waals surface area contributed by atoms with Crippen LogP contribution in [0.5, 0.6) is 0 Å². The van der Waals surface area contributed by atoms with Crippen molar-refractivity contribution in [2.75, 3.05) is 25.1 Å². The van der Waals surface area contributed by atoms with Crippen molar-refractivity contribution >= 4 is 35.3 Å². The number of carbonyl (C=O) groups excluding carboxylic acids is 2. The lowest BCUT2D eigenvalue weighted by molar-refractivity contribution is -0.112. The van der Waals surface area contributed by atoms with Crippen LogP contribution in [0.1, 0.15) is 29.3 Å². The molecule has 0 radical (unpaired) electrons. The molecule has 0 unspecified atom stereocenters. The number of hydrogen-bond donors (Lipinski definition) is 2. The fraction of sp³-hybridized carbons (Fsp3) is 0.238. The number of rotatable bonds is 7. The van der Waals surface area contributed by atoms with Gasteiger partial charge in [-0.25, -0.2) is 0 Å². The van der Waals surface area contributed by atoms with Crippen LogP contribution >= 0.6 is 11.8 Å². The first-order chi connectivity index (χ1) is 13.2. The molecule has 0 saturated carbocycles. The van der Waals surface area contributed by atoms with Gasteiger partial charge in [0, 0.05) is 30.2 Å². The number of benzene rings is 2. The molecule has 0 saturated heterocycles. The number of thioether (sulfide) groups is 1. The Hall–Kier alpha value is -2.57. The van der Waals surface area contributed by atoms with Crippen molar-refractivity contribution in [3.63, 3.8) is 0 Å². The predicted molar refractivity (Wildman–Crippen MR) is 109 cm³/mol. The monoisotopic (exact) mass is 382 g/mol. The average Bonchev–Trinajstić information content (AvgIpc) is 2.68. The standard InChI is InChI=1S/C21H22N2O3S/c1-2-26-12-6-11-22-20(24)16-9-10-18-17(14-16)23-21(25)19(27-18)13-15-7-4-3-5-8-15/h3-5,7-10,13-14H,2,6,11-12H2,1H3,(H,22,24)(H,23,25)/b19-13-. The second-order valence-electron chi connectivity index (χ2n) is 5.99. The highest BCUT2D eigenvalue weighted by molar-refractivity contribution is 8.04. The maximum absolute atomic E-state index is 12.4. The van der Waals surface area contributed by atoms with Gasteiger partial charge in [0.1, 0.15) is 0 Å². The van der Waals surface area contributed by atoms with Crippen molar-refractivity contribution in [2.45, 2.75) is 18.2 Å². The Bertz CT molecular complexity index is 850. The molecule has 5 nitrogen and oxygen atoms in total. The van der Waals surface area contributed by atoms with E-state index in [-0.39, 0.29) is 11.8 Å². The van der Waals surface area contributed by atoms with Gasteiger partial charge < -0.3 is 15.4 Å². The highest BCUT2D eigenvalue weighted by Gasteiger charge is 2.22. The Labute approximate surface area is 163 Å². The fourth-order valence-corrected chi connectivity index (χ4v) is 3.56. The molecule has 0 fully saturated rings. The van der Waals surface area contributed by atoms with E-state index < -0.39 is 0 Å². The number of anilines is 1. The molecule has 2 N–H and O–H groups in total. The van der Waals surface area contributed by atoms with Crippen LogP contribution < -0.4 is 10.6 Å². The molecule has 6 heteroatoms. The molecular formula is C21H22N2O3S. The Morgan fingerprint density at radius 2 is 2.04 bits per heavy atom. The minimum Gasteiger partial charge on any atom is -0.382 e. The lowest BCUT2D eigenvalue weighted by Crippen LogP contribution is -2.26. The summed E-state index contributed by atoms with van der Waals surface area (Å²) in [6, 6.07) is 15.1. The summed E-state index contributed by atoms with van der Waals surface area (Å²) < 4.78 is 5.25. The second-order valence-corrected chi connectivity index (χ2v) is 7.08. The molecule has 1 heterocycles. The molecule has 140 valence electrons. The van der Waals surface area contributed by atoms with Crippen LogP contribution in [-0.2, 0) is 9.53 Å². The molecule has 2 aromatic carbocycles. The summed E-state index contributed by atoms with van der Waals surface area (Å²) in [7, 11) is 0. The summed E-state index contributed by atoms with van der Waals surface area (Å²) in [6.45, 7) is 3.81. The molecule has 0 atom stereocenters. The van der Waals surface area contributed by atoms with E-state index in [2.05, 4.69) is 10.6 Å². The summed E-state index contributed by atoms with van der Waals surface area (Å²) in [6.07, 6.45) is 2.63. The summed E-state index contributed by atoms with van der Waals surface area (Å²) in [5.74, 6) is -0.315. The number of ether oxygens (including phenoxy) is 1. The van der Waals surface area contributed by atoms with Gasteiger partial charge in [-0.05, 0) is 43.2 Å². The molecule has 0 bridgehead atoms. The van der Waals surface area contributed by atoms with E-state index in [0.29, 0.717) is 35.9 Å².